The predicted octanol–water partition coefficient (Wildman–Crippen LogP) is 3.34. The van der Waals surface area contributed by atoms with Gasteiger partial charge >= 0.3 is 0 Å². The summed E-state index contributed by atoms with van der Waals surface area (Å²) in [5.74, 6) is 0.196. The van der Waals surface area contributed by atoms with E-state index in [1.165, 1.54) is 0 Å². The first kappa shape index (κ1) is 16.2. The molecule has 3 nitrogen and oxygen atoms in total. The topological polar surface area (TPSA) is 46.3 Å². The molecule has 1 amide bonds. The second-order valence-corrected chi connectivity index (χ2v) is 5.47. The maximum absolute atomic E-state index is 12.5. The first-order valence-corrected chi connectivity index (χ1v) is 7.85. The fourth-order valence-corrected chi connectivity index (χ4v) is 2.42. The van der Waals surface area contributed by atoms with Crippen molar-refractivity contribution in [3.63, 3.8) is 0 Å². The smallest absolute Gasteiger partial charge is 0.223 e. The quantitative estimate of drug-likeness (QED) is 0.759. The first-order valence-electron chi connectivity index (χ1n) is 7.85. The van der Waals surface area contributed by atoms with E-state index in [1.807, 2.05) is 41.3 Å². The van der Waals surface area contributed by atoms with Crippen molar-refractivity contribution >= 4 is 5.91 Å². The highest BCUT2D eigenvalue weighted by Gasteiger charge is 2.14. The highest BCUT2D eigenvalue weighted by molar-refractivity contribution is 5.76. The van der Waals surface area contributed by atoms with Crippen molar-refractivity contribution in [3.05, 3.63) is 71.8 Å². The summed E-state index contributed by atoms with van der Waals surface area (Å²) in [5.41, 5.74) is 7.83. The molecule has 0 spiro atoms. The van der Waals surface area contributed by atoms with Crippen LogP contribution in [0.1, 0.15) is 30.4 Å². The predicted molar refractivity (Wildman–Crippen MR) is 90.0 cm³/mol. The molecular formula is C19H24N2O. The normalized spacial score (nSPS) is 10.4. The van der Waals surface area contributed by atoms with Crippen LogP contribution < -0.4 is 5.73 Å². The Morgan fingerprint density at radius 1 is 0.818 bits per heavy atom. The van der Waals surface area contributed by atoms with Crippen LogP contribution in [0.25, 0.3) is 0 Å². The molecule has 0 aromatic heterocycles. The Morgan fingerprint density at radius 2 is 1.32 bits per heavy atom. The zero-order chi connectivity index (χ0) is 15.6. The van der Waals surface area contributed by atoms with Crippen molar-refractivity contribution in [2.45, 2.75) is 32.4 Å². The van der Waals surface area contributed by atoms with Gasteiger partial charge < -0.3 is 10.6 Å². The van der Waals surface area contributed by atoms with E-state index < -0.39 is 0 Å². The summed E-state index contributed by atoms with van der Waals surface area (Å²) < 4.78 is 0. The first-order chi connectivity index (χ1) is 10.8. The summed E-state index contributed by atoms with van der Waals surface area (Å²) in [4.78, 5) is 14.4. The number of amides is 1. The molecule has 0 aliphatic rings. The maximum Gasteiger partial charge on any atom is 0.223 e. The number of hydrogen-bond acceptors (Lipinski definition) is 2. The Morgan fingerprint density at radius 3 is 1.77 bits per heavy atom. The fraction of sp³-hybridized carbons (Fsp3) is 0.316. The minimum Gasteiger partial charge on any atom is -0.334 e. The molecule has 0 aliphatic heterocycles. The van der Waals surface area contributed by atoms with Gasteiger partial charge in [-0.05, 0) is 30.5 Å². The van der Waals surface area contributed by atoms with E-state index in [2.05, 4.69) is 24.3 Å². The summed E-state index contributed by atoms with van der Waals surface area (Å²) in [6, 6.07) is 20.3. The fourth-order valence-electron chi connectivity index (χ4n) is 2.42. The van der Waals surface area contributed by atoms with E-state index in [9.17, 15) is 4.79 Å². The molecule has 0 atom stereocenters. The van der Waals surface area contributed by atoms with Gasteiger partial charge in [-0.15, -0.1) is 0 Å². The number of nitrogens with two attached hydrogens (primary N) is 1. The molecule has 0 radical (unpaired) electrons. The standard InChI is InChI=1S/C19H24N2O/c20-14-8-7-13-19(22)21(15-17-9-3-1-4-10-17)16-18-11-5-2-6-12-18/h1-6,9-12H,7-8,13-16,20H2. The third-order valence-corrected chi connectivity index (χ3v) is 3.63. The molecule has 0 unspecified atom stereocenters. The lowest BCUT2D eigenvalue weighted by molar-refractivity contribution is -0.132. The van der Waals surface area contributed by atoms with E-state index >= 15 is 0 Å². The van der Waals surface area contributed by atoms with Gasteiger partial charge in [-0.1, -0.05) is 60.7 Å². The molecule has 2 rings (SSSR count). The Hall–Kier alpha value is -2.13. The third-order valence-electron chi connectivity index (χ3n) is 3.63. The lowest BCUT2D eigenvalue weighted by Gasteiger charge is -2.23. The van der Waals surface area contributed by atoms with Crippen molar-refractivity contribution in [1.82, 2.24) is 4.90 Å². The van der Waals surface area contributed by atoms with Crippen LogP contribution in [0.15, 0.2) is 60.7 Å². The van der Waals surface area contributed by atoms with Gasteiger partial charge in [-0.25, -0.2) is 0 Å². The van der Waals surface area contributed by atoms with Crippen molar-refractivity contribution < 1.29 is 4.79 Å². The molecule has 2 aromatic carbocycles. The van der Waals surface area contributed by atoms with Crippen LogP contribution in [0.3, 0.4) is 0 Å². The van der Waals surface area contributed by atoms with Crippen LogP contribution in [0, 0.1) is 0 Å². The molecule has 2 aromatic rings. The molecule has 3 heteroatoms. The number of rotatable bonds is 8. The van der Waals surface area contributed by atoms with Gasteiger partial charge in [0.05, 0.1) is 0 Å². The molecule has 0 saturated heterocycles. The van der Waals surface area contributed by atoms with Crippen molar-refractivity contribution in [2.75, 3.05) is 6.54 Å². The van der Waals surface area contributed by atoms with Crippen LogP contribution in [-0.2, 0) is 17.9 Å². The molecule has 0 bridgehead atoms. The SMILES string of the molecule is NCCCCC(=O)N(Cc1ccccc1)Cc1ccccc1. The van der Waals surface area contributed by atoms with Crippen molar-refractivity contribution in [3.8, 4) is 0 Å². The van der Waals surface area contributed by atoms with Gasteiger partial charge in [0.1, 0.15) is 0 Å². The lowest BCUT2D eigenvalue weighted by atomic mass is 10.1. The van der Waals surface area contributed by atoms with Gasteiger partial charge in [-0.2, -0.15) is 0 Å². The number of carbonyl (C=O) groups excluding carboxylic acids is 1. The Bertz CT molecular complexity index is 513. The highest BCUT2D eigenvalue weighted by Crippen LogP contribution is 2.12. The molecule has 2 N–H and O–H groups in total. The molecule has 22 heavy (non-hydrogen) atoms. The molecule has 0 fully saturated rings. The van der Waals surface area contributed by atoms with Gasteiger partial charge in [0.2, 0.25) is 5.91 Å². The molecular weight excluding hydrogens is 272 g/mol. The summed E-state index contributed by atoms with van der Waals surface area (Å²) in [5, 5.41) is 0. The molecule has 0 saturated carbocycles. The Kier molecular flexibility index (Phi) is 6.65. The van der Waals surface area contributed by atoms with E-state index in [4.69, 9.17) is 5.73 Å². The molecule has 0 heterocycles. The Labute approximate surface area is 132 Å². The van der Waals surface area contributed by atoms with Crippen molar-refractivity contribution in [1.29, 1.82) is 0 Å². The van der Waals surface area contributed by atoms with E-state index in [0.717, 1.165) is 24.0 Å². The average molecular weight is 296 g/mol. The Balaban J connectivity index is 2.04. The van der Waals surface area contributed by atoms with E-state index in [1.54, 1.807) is 0 Å². The number of hydrogen-bond donors (Lipinski definition) is 1. The van der Waals surface area contributed by atoms with Gasteiger partial charge in [0.15, 0.2) is 0 Å². The average Bonchev–Trinajstić information content (AvgIpc) is 2.56. The van der Waals surface area contributed by atoms with Gasteiger partial charge in [0, 0.05) is 19.5 Å². The lowest BCUT2D eigenvalue weighted by Crippen LogP contribution is -2.30. The van der Waals surface area contributed by atoms with Crippen LogP contribution in [0.5, 0.6) is 0 Å². The van der Waals surface area contributed by atoms with Crippen LogP contribution >= 0.6 is 0 Å². The minimum absolute atomic E-state index is 0.196. The zero-order valence-electron chi connectivity index (χ0n) is 12.9. The number of benzene rings is 2. The maximum atomic E-state index is 12.5. The minimum atomic E-state index is 0.196. The van der Waals surface area contributed by atoms with Gasteiger partial charge in [0.25, 0.3) is 0 Å². The number of unbranched alkanes of at least 4 members (excludes halogenated alkanes) is 1. The van der Waals surface area contributed by atoms with Crippen LogP contribution in [-0.4, -0.2) is 17.4 Å². The number of carbonyl (C=O) groups is 1. The van der Waals surface area contributed by atoms with Crippen molar-refractivity contribution in [2.24, 2.45) is 5.73 Å². The van der Waals surface area contributed by atoms with Crippen LogP contribution in [0.4, 0.5) is 0 Å². The van der Waals surface area contributed by atoms with Crippen LogP contribution in [0.2, 0.25) is 0 Å². The zero-order valence-corrected chi connectivity index (χ0v) is 12.9. The summed E-state index contributed by atoms with van der Waals surface area (Å²) >= 11 is 0. The largest absolute Gasteiger partial charge is 0.334 e. The summed E-state index contributed by atoms with van der Waals surface area (Å²) in [7, 11) is 0. The number of nitrogens with zero attached hydrogens (tertiary/aromatic N) is 1. The summed E-state index contributed by atoms with van der Waals surface area (Å²) in [6.45, 7) is 1.94. The molecule has 0 aliphatic carbocycles. The summed E-state index contributed by atoms with van der Waals surface area (Å²) in [6.07, 6.45) is 2.32. The monoisotopic (exact) mass is 296 g/mol. The van der Waals surface area contributed by atoms with Gasteiger partial charge in [-0.3, -0.25) is 4.79 Å². The second-order valence-electron chi connectivity index (χ2n) is 5.47. The van der Waals surface area contributed by atoms with E-state index in [0.29, 0.717) is 26.1 Å². The highest BCUT2D eigenvalue weighted by atomic mass is 16.2. The van der Waals surface area contributed by atoms with E-state index in [-0.39, 0.29) is 5.91 Å². The second kappa shape index (κ2) is 9.00. The third kappa shape index (κ3) is 5.34. The molecule has 116 valence electrons.